The average molecular weight is 313 g/mol. The van der Waals surface area contributed by atoms with E-state index in [1.165, 1.54) is 11.8 Å². The van der Waals surface area contributed by atoms with Crippen molar-refractivity contribution in [1.82, 2.24) is 20.2 Å². The standard InChI is InChI=1S/C14H11N5S2/c20-14(15-11-7-3-1-4-8-11)21-13-16-17-18-19(13)12-9-5-2-6-10-12/h1-10H,(H,15,20). The lowest BCUT2D eigenvalue weighted by Crippen LogP contribution is -2.07. The van der Waals surface area contributed by atoms with Gasteiger partial charge in [0.25, 0.3) is 0 Å². The molecule has 7 heteroatoms. The minimum Gasteiger partial charge on any atom is -0.341 e. The molecule has 0 saturated carbocycles. The fourth-order valence-corrected chi connectivity index (χ4v) is 2.70. The van der Waals surface area contributed by atoms with Crippen molar-refractivity contribution in [1.29, 1.82) is 0 Å². The van der Waals surface area contributed by atoms with E-state index in [2.05, 4.69) is 20.8 Å². The van der Waals surface area contributed by atoms with Crippen molar-refractivity contribution in [2.45, 2.75) is 5.16 Å². The molecule has 104 valence electrons. The summed E-state index contributed by atoms with van der Waals surface area (Å²) in [6.45, 7) is 0. The third-order valence-electron chi connectivity index (χ3n) is 2.65. The number of thioether (sulfide) groups is 1. The molecule has 3 aromatic rings. The molecular weight excluding hydrogens is 302 g/mol. The van der Waals surface area contributed by atoms with Crippen LogP contribution in [0.2, 0.25) is 0 Å². The van der Waals surface area contributed by atoms with Crippen LogP contribution in [0.1, 0.15) is 0 Å². The number of tetrazole rings is 1. The molecule has 0 radical (unpaired) electrons. The van der Waals surface area contributed by atoms with E-state index in [1.54, 1.807) is 4.68 Å². The number of hydrogen-bond acceptors (Lipinski definition) is 5. The molecule has 5 nitrogen and oxygen atoms in total. The number of thiocarbonyl (C=S) groups is 1. The van der Waals surface area contributed by atoms with E-state index in [9.17, 15) is 0 Å². The normalized spacial score (nSPS) is 10.3. The fourth-order valence-electron chi connectivity index (χ4n) is 1.72. The summed E-state index contributed by atoms with van der Waals surface area (Å²) in [5, 5.41) is 15.5. The van der Waals surface area contributed by atoms with Gasteiger partial charge in [0, 0.05) is 5.69 Å². The van der Waals surface area contributed by atoms with Crippen LogP contribution in [0.15, 0.2) is 65.8 Å². The molecule has 2 aromatic carbocycles. The van der Waals surface area contributed by atoms with E-state index >= 15 is 0 Å². The highest BCUT2D eigenvalue weighted by molar-refractivity contribution is 8.23. The number of benzene rings is 2. The first-order chi connectivity index (χ1) is 10.3. The highest BCUT2D eigenvalue weighted by atomic mass is 32.2. The number of hydrogen-bond donors (Lipinski definition) is 1. The Morgan fingerprint density at radius 1 is 1.00 bits per heavy atom. The summed E-state index contributed by atoms with van der Waals surface area (Å²) < 4.78 is 2.25. The van der Waals surface area contributed by atoms with E-state index in [4.69, 9.17) is 12.2 Å². The second kappa shape index (κ2) is 6.47. The Hall–Kier alpha value is -2.25. The van der Waals surface area contributed by atoms with Gasteiger partial charge < -0.3 is 5.32 Å². The van der Waals surface area contributed by atoms with Crippen LogP contribution in [-0.4, -0.2) is 24.5 Å². The summed E-state index contributed by atoms with van der Waals surface area (Å²) in [5.41, 5.74) is 1.83. The Kier molecular flexibility index (Phi) is 4.23. The Morgan fingerprint density at radius 3 is 2.38 bits per heavy atom. The van der Waals surface area contributed by atoms with Crippen LogP contribution < -0.4 is 5.32 Å². The second-order valence-electron chi connectivity index (χ2n) is 4.09. The van der Waals surface area contributed by atoms with Crippen LogP contribution >= 0.6 is 24.0 Å². The smallest absolute Gasteiger partial charge is 0.221 e. The second-order valence-corrected chi connectivity index (χ2v) is 5.73. The molecule has 0 unspecified atom stereocenters. The fraction of sp³-hybridized carbons (Fsp3) is 0. The maximum Gasteiger partial charge on any atom is 0.221 e. The van der Waals surface area contributed by atoms with E-state index in [0.29, 0.717) is 9.48 Å². The number of anilines is 1. The van der Waals surface area contributed by atoms with Crippen molar-refractivity contribution in [3.05, 3.63) is 60.7 Å². The van der Waals surface area contributed by atoms with Gasteiger partial charge in [-0.3, -0.25) is 0 Å². The van der Waals surface area contributed by atoms with E-state index in [-0.39, 0.29) is 0 Å². The highest BCUT2D eigenvalue weighted by Gasteiger charge is 2.11. The van der Waals surface area contributed by atoms with Crippen molar-refractivity contribution >= 4 is 34.0 Å². The molecular formula is C14H11N5S2. The molecule has 0 fully saturated rings. The van der Waals surface area contributed by atoms with Gasteiger partial charge in [0.05, 0.1) is 5.69 Å². The van der Waals surface area contributed by atoms with Gasteiger partial charge in [-0.25, -0.2) is 0 Å². The molecule has 0 atom stereocenters. The molecule has 1 N–H and O–H groups in total. The minimum absolute atomic E-state index is 0.591. The molecule has 0 spiro atoms. The lowest BCUT2D eigenvalue weighted by molar-refractivity contribution is 0.757. The molecule has 1 heterocycles. The maximum absolute atomic E-state index is 5.34. The van der Waals surface area contributed by atoms with Crippen molar-refractivity contribution in [2.75, 3.05) is 5.32 Å². The number of aromatic nitrogens is 4. The van der Waals surface area contributed by atoms with Crippen molar-refractivity contribution in [2.24, 2.45) is 0 Å². The third kappa shape index (κ3) is 3.45. The molecule has 0 aliphatic heterocycles. The Labute approximate surface area is 131 Å². The summed E-state index contributed by atoms with van der Waals surface area (Å²) in [4.78, 5) is 0. The minimum atomic E-state index is 0.591. The average Bonchev–Trinajstić information content (AvgIpc) is 2.97. The van der Waals surface area contributed by atoms with Gasteiger partial charge in [-0.15, -0.1) is 5.10 Å². The van der Waals surface area contributed by atoms with Gasteiger partial charge in [-0.2, -0.15) is 4.68 Å². The monoisotopic (exact) mass is 313 g/mol. The zero-order valence-electron chi connectivity index (χ0n) is 10.9. The van der Waals surface area contributed by atoms with E-state index in [1.807, 2.05) is 60.7 Å². The SMILES string of the molecule is S=C(Nc1ccccc1)Sc1nnnn1-c1ccccc1. The summed E-state index contributed by atoms with van der Waals surface area (Å²) in [7, 11) is 0. The number of para-hydroxylation sites is 2. The molecule has 0 saturated heterocycles. The lowest BCUT2D eigenvalue weighted by atomic mass is 10.3. The number of rotatable bonds is 3. The van der Waals surface area contributed by atoms with Gasteiger partial charge in [-0.05, 0) is 46.5 Å². The van der Waals surface area contributed by atoms with Crippen LogP contribution in [0.5, 0.6) is 0 Å². The van der Waals surface area contributed by atoms with Gasteiger partial charge in [0.2, 0.25) is 5.16 Å². The predicted octanol–water partition coefficient (Wildman–Crippen LogP) is 3.15. The first kappa shape index (κ1) is 13.7. The first-order valence-corrected chi connectivity index (χ1v) is 7.43. The van der Waals surface area contributed by atoms with Gasteiger partial charge in [-0.1, -0.05) is 48.6 Å². The van der Waals surface area contributed by atoms with Crippen LogP contribution in [0, 0.1) is 0 Å². The Bertz CT molecular complexity index is 727. The van der Waals surface area contributed by atoms with Crippen molar-refractivity contribution in [3.63, 3.8) is 0 Å². The van der Waals surface area contributed by atoms with Crippen LogP contribution in [0.3, 0.4) is 0 Å². The Morgan fingerprint density at radius 2 is 1.67 bits per heavy atom. The zero-order valence-corrected chi connectivity index (χ0v) is 12.5. The van der Waals surface area contributed by atoms with Crippen LogP contribution in [0.4, 0.5) is 5.69 Å². The molecule has 0 amide bonds. The Balaban J connectivity index is 1.74. The van der Waals surface area contributed by atoms with E-state index in [0.717, 1.165) is 11.4 Å². The van der Waals surface area contributed by atoms with E-state index < -0.39 is 0 Å². The lowest BCUT2D eigenvalue weighted by Gasteiger charge is -2.07. The third-order valence-corrected chi connectivity index (χ3v) is 3.72. The van der Waals surface area contributed by atoms with Crippen LogP contribution in [-0.2, 0) is 0 Å². The summed E-state index contributed by atoms with van der Waals surface area (Å²) in [5.74, 6) is 0. The zero-order chi connectivity index (χ0) is 14.5. The number of nitrogens with one attached hydrogen (secondary N) is 1. The topological polar surface area (TPSA) is 55.6 Å². The molecule has 3 rings (SSSR count). The summed E-state index contributed by atoms with van der Waals surface area (Å²) >= 11 is 6.65. The van der Waals surface area contributed by atoms with Crippen molar-refractivity contribution in [3.8, 4) is 5.69 Å². The molecule has 0 aliphatic carbocycles. The molecule has 1 aromatic heterocycles. The van der Waals surface area contributed by atoms with Gasteiger partial charge in [0.15, 0.2) is 0 Å². The first-order valence-electron chi connectivity index (χ1n) is 6.20. The highest BCUT2D eigenvalue weighted by Crippen LogP contribution is 2.20. The summed E-state index contributed by atoms with van der Waals surface area (Å²) in [6.07, 6.45) is 0. The maximum atomic E-state index is 5.34. The molecule has 0 aliphatic rings. The quantitative estimate of drug-likeness (QED) is 0.592. The van der Waals surface area contributed by atoms with Crippen molar-refractivity contribution < 1.29 is 0 Å². The van der Waals surface area contributed by atoms with Gasteiger partial charge in [0.1, 0.15) is 4.32 Å². The largest absolute Gasteiger partial charge is 0.341 e. The van der Waals surface area contributed by atoms with Crippen LogP contribution in [0.25, 0.3) is 5.69 Å². The van der Waals surface area contributed by atoms with Gasteiger partial charge >= 0.3 is 0 Å². The molecule has 21 heavy (non-hydrogen) atoms. The predicted molar refractivity (Wildman–Crippen MR) is 87.7 cm³/mol. The number of nitrogens with zero attached hydrogens (tertiary/aromatic N) is 4. The summed E-state index contributed by atoms with van der Waals surface area (Å²) in [6, 6.07) is 19.5. The molecule has 0 bridgehead atoms.